The molecule has 4 heteroatoms. The fourth-order valence-electron chi connectivity index (χ4n) is 4.29. The number of aryl methyl sites for hydroxylation is 2. The van der Waals surface area contributed by atoms with Crippen molar-refractivity contribution in [3.05, 3.63) is 39.7 Å². The first-order valence-electron chi connectivity index (χ1n) is 8.46. The number of benzene rings is 2. The molecule has 122 valence electrons. The minimum atomic E-state index is -1.78. The minimum Gasteiger partial charge on any atom is -0.423 e. The van der Waals surface area contributed by atoms with Gasteiger partial charge in [0.05, 0.1) is 0 Å². The van der Waals surface area contributed by atoms with Crippen molar-refractivity contribution in [3.8, 4) is 0 Å². The topological polar surface area (TPSA) is 40.5 Å². The molecule has 2 aromatic rings. The molecule has 1 aliphatic carbocycles. The Kier molecular flexibility index (Phi) is 4.24. The number of hydrogen-bond acceptors (Lipinski definition) is 2. The van der Waals surface area contributed by atoms with E-state index in [1.807, 2.05) is 13.0 Å². The summed E-state index contributed by atoms with van der Waals surface area (Å²) in [5.41, 5.74) is 5.34. The first-order chi connectivity index (χ1) is 10.9. The molecule has 0 bridgehead atoms. The second-order valence-electron chi connectivity index (χ2n) is 6.99. The van der Waals surface area contributed by atoms with Crippen LogP contribution >= 0.6 is 0 Å². The Labute approximate surface area is 137 Å². The van der Waals surface area contributed by atoms with Crippen LogP contribution in [0, 0.1) is 32.5 Å². The van der Waals surface area contributed by atoms with E-state index < -0.39 is 12.9 Å². The van der Waals surface area contributed by atoms with Crippen LogP contribution in [0.5, 0.6) is 0 Å². The third-order valence-electron chi connectivity index (χ3n) is 5.53. The zero-order valence-electron chi connectivity index (χ0n) is 14.3. The molecule has 0 fully saturated rings. The maximum absolute atomic E-state index is 15.0. The van der Waals surface area contributed by atoms with Crippen molar-refractivity contribution in [2.24, 2.45) is 5.92 Å². The van der Waals surface area contributed by atoms with Gasteiger partial charge in [-0.1, -0.05) is 25.8 Å². The molecule has 0 saturated heterocycles. The normalized spacial score (nSPS) is 16.9. The molecule has 0 aliphatic heterocycles. The van der Waals surface area contributed by atoms with Gasteiger partial charge in [0.25, 0.3) is 0 Å². The molecule has 0 radical (unpaired) electrons. The van der Waals surface area contributed by atoms with E-state index in [1.54, 1.807) is 6.92 Å². The van der Waals surface area contributed by atoms with Crippen molar-refractivity contribution < 1.29 is 14.4 Å². The van der Waals surface area contributed by atoms with Crippen LogP contribution in [0.1, 0.15) is 47.6 Å². The molecule has 23 heavy (non-hydrogen) atoms. The van der Waals surface area contributed by atoms with Gasteiger partial charge in [0.15, 0.2) is 0 Å². The van der Waals surface area contributed by atoms with Crippen LogP contribution in [0.25, 0.3) is 10.8 Å². The maximum Gasteiger partial charge on any atom is 0.491 e. The lowest BCUT2D eigenvalue weighted by Crippen LogP contribution is -2.35. The van der Waals surface area contributed by atoms with Crippen molar-refractivity contribution >= 4 is 23.4 Å². The molecule has 0 amide bonds. The third kappa shape index (κ3) is 2.49. The van der Waals surface area contributed by atoms with Crippen molar-refractivity contribution in [1.29, 1.82) is 0 Å². The van der Waals surface area contributed by atoms with E-state index in [4.69, 9.17) is 0 Å². The Morgan fingerprint density at radius 2 is 1.78 bits per heavy atom. The molecule has 2 aromatic carbocycles. The van der Waals surface area contributed by atoms with Gasteiger partial charge in [0.2, 0.25) is 0 Å². The predicted molar refractivity (Wildman–Crippen MR) is 93.7 cm³/mol. The van der Waals surface area contributed by atoms with Gasteiger partial charge in [-0.15, -0.1) is 0 Å². The lowest BCUT2D eigenvalue weighted by atomic mass is 9.74. The highest BCUT2D eigenvalue weighted by Gasteiger charge is 2.29. The number of fused-ring (bicyclic) bond motifs is 3. The fraction of sp³-hybridized carbons (Fsp3) is 0.474. The molecule has 1 aliphatic rings. The number of hydrogen-bond donors (Lipinski definition) is 2. The highest BCUT2D eigenvalue weighted by molar-refractivity contribution is 6.59. The largest absolute Gasteiger partial charge is 0.491 e. The Bertz CT molecular complexity index is 783. The van der Waals surface area contributed by atoms with Gasteiger partial charge in [0, 0.05) is 10.8 Å². The second kappa shape index (κ2) is 5.92. The van der Waals surface area contributed by atoms with Crippen LogP contribution in [-0.4, -0.2) is 17.2 Å². The van der Waals surface area contributed by atoms with Crippen LogP contribution in [0.4, 0.5) is 4.39 Å². The monoisotopic (exact) mass is 314 g/mol. The summed E-state index contributed by atoms with van der Waals surface area (Å²) in [6.45, 7) is 7.96. The molecule has 3 rings (SSSR count). The molecule has 2 N–H and O–H groups in total. The predicted octanol–water partition coefficient (Wildman–Crippen LogP) is 3.10. The van der Waals surface area contributed by atoms with Gasteiger partial charge in [-0.25, -0.2) is 4.39 Å². The van der Waals surface area contributed by atoms with Gasteiger partial charge in [0.1, 0.15) is 5.82 Å². The summed E-state index contributed by atoms with van der Waals surface area (Å²) in [6.07, 6.45) is 4.45. The average Bonchev–Trinajstić information content (AvgIpc) is 2.88. The summed E-state index contributed by atoms with van der Waals surface area (Å²) in [4.78, 5) is 0. The summed E-state index contributed by atoms with van der Waals surface area (Å²) in [7, 11) is -1.78. The fourth-order valence-corrected chi connectivity index (χ4v) is 4.29. The Balaban J connectivity index is 2.32. The third-order valence-corrected chi connectivity index (χ3v) is 5.53. The maximum atomic E-state index is 15.0. The van der Waals surface area contributed by atoms with Gasteiger partial charge in [-0.05, 0) is 72.7 Å². The zero-order valence-corrected chi connectivity index (χ0v) is 14.3. The van der Waals surface area contributed by atoms with Crippen LogP contribution < -0.4 is 5.46 Å². The molecule has 1 unspecified atom stereocenters. The van der Waals surface area contributed by atoms with Gasteiger partial charge >= 0.3 is 7.12 Å². The highest BCUT2D eigenvalue weighted by atomic mass is 19.1. The summed E-state index contributed by atoms with van der Waals surface area (Å²) < 4.78 is 15.0. The molecule has 0 aromatic heterocycles. The van der Waals surface area contributed by atoms with Gasteiger partial charge < -0.3 is 10.0 Å². The van der Waals surface area contributed by atoms with Crippen molar-refractivity contribution in [2.45, 2.75) is 53.4 Å². The Morgan fingerprint density at radius 1 is 1.13 bits per heavy atom. The lowest BCUT2D eigenvalue weighted by Gasteiger charge is -2.17. The van der Waals surface area contributed by atoms with E-state index in [1.165, 1.54) is 24.0 Å². The van der Waals surface area contributed by atoms with E-state index in [-0.39, 0.29) is 5.46 Å². The Hall–Kier alpha value is -1.39. The van der Waals surface area contributed by atoms with Gasteiger partial charge in [-0.2, -0.15) is 0 Å². The lowest BCUT2D eigenvalue weighted by molar-refractivity contribution is 0.423. The summed E-state index contributed by atoms with van der Waals surface area (Å²) in [6, 6.07) is 1.94. The van der Waals surface area contributed by atoms with Crippen LogP contribution in [0.3, 0.4) is 0 Å². The van der Waals surface area contributed by atoms with E-state index in [0.717, 1.165) is 29.4 Å². The summed E-state index contributed by atoms with van der Waals surface area (Å²) in [5, 5.41) is 20.6. The molecule has 1 atom stereocenters. The SMILES string of the molecule is CCCC1Cc2c(C)c(C)c3c(F)c(B(O)O)c(C)cc3c2C1. The first kappa shape index (κ1) is 16.5. The molecule has 0 spiro atoms. The van der Waals surface area contributed by atoms with Crippen LogP contribution in [0.2, 0.25) is 0 Å². The van der Waals surface area contributed by atoms with E-state index in [9.17, 15) is 10.0 Å². The Morgan fingerprint density at radius 3 is 2.39 bits per heavy atom. The van der Waals surface area contributed by atoms with E-state index in [2.05, 4.69) is 13.8 Å². The van der Waals surface area contributed by atoms with Crippen molar-refractivity contribution in [2.75, 3.05) is 0 Å². The standard InChI is InChI=1S/C19H24BFO2/c1-5-6-13-8-14-11(3)12(4)17-16(15(14)9-13)7-10(2)18(19(17)21)20(22)23/h7,13,22-23H,5-6,8-9H2,1-4H3. The molecular formula is C19H24BFO2. The number of rotatable bonds is 3. The molecule has 2 nitrogen and oxygen atoms in total. The second-order valence-corrected chi connectivity index (χ2v) is 6.99. The molecule has 0 heterocycles. The number of halogens is 1. The van der Waals surface area contributed by atoms with Crippen molar-refractivity contribution in [1.82, 2.24) is 0 Å². The van der Waals surface area contributed by atoms with Gasteiger partial charge in [-0.3, -0.25) is 0 Å². The van der Waals surface area contributed by atoms with Crippen LogP contribution in [0.15, 0.2) is 6.07 Å². The first-order valence-corrected chi connectivity index (χ1v) is 8.46. The van der Waals surface area contributed by atoms with Crippen LogP contribution in [-0.2, 0) is 12.8 Å². The quantitative estimate of drug-likeness (QED) is 0.855. The van der Waals surface area contributed by atoms with Crippen molar-refractivity contribution in [3.63, 3.8) is 0 Å². The molecule has 0 saturated carbocycles. The highest BCUT2D eigenvalue weighted by Crippen LogP contribution is 2.40. The molecular weight excluding hydrogens is 290 g/mol. The smallest absolute Gasteiger partial charge is 0.423 e. The van der Waals surface area contributed by atoms with E-state index >= 15 is 4.39 Å². The zero-order chi connectivity index (χ0) is 16.9. The van der Waals surface area contributed by atoms with E-state index in [0.29, 0.717) is 16.9 Å². The summed E-state index contributed by atoms with van der Waals surface area (Å²) >= 11 is 0. The summed E-state index contributed by atoms with van der Waals surface area (Å²) in [5.74, 6) is 0.169. The average molecular weight is 314 g/mol. The minimum absolute atomic E-state index is 0.00283.